The fraction of sp³-hybridized carbons (Fsp3) is 0.250. The van der Waals surface area contributed by atoms with Crippen molar-refractivity contribution in [3.63, 3.8) is 0 Å². The Bertz CT molecular complexity index is 538. The first-order chi connectivity index (χ1) is 7.25. The van der Waals surface area contributed by atoms with Crippen molar-refractivity contribution < 1.29 is 9.90 Å². The van der Waals surface area contributed by atoms with E-state index in [4.69, 9.17) is 5.11 Å². The number of carbonyl (C=O) groups is 1. The normalized spacial score (nSPS) is 15.7. The summed E-state index contributed by atoms with van der Waals surface area (Å²) in [6.45, 7) is 0. The van der Waals surface area contributed by atoms with Gasteiger partial charge in [-0.1, -0.05) is 12.1 Å². The van der Waals surface area contributed by atoms with E-state index in [1.165, 1.54) is 18.5 Å². The summed E-state index contributed by atoms with van der Waals surface area (Å²) in [5.41, 5.74) is 2.30. The van der Waals surface area contributed by atoms with Gasteiger partial charge in [0.25, 0.3) is 0 Å². The number of carboxylic acids is 1. The summed E-state index contributed by atoms with van der Waals surface area (Å²) in [5, 5.41) is 10.0. The number of nitrogens with one attached hydrogen (secondary N) is 1. The van der Waals surface area contributed by atoms with Crippen molar-refractivity contribution in [2.24, 2.45) is 0 Å². The van der Waals surface area contributed by atoms with Crippen molar-refractivity contribution in [3.8, 4) is 0 Å². The zero-order valence-corrected chi connectivity index (χ0v) is 8.16. The molecule has 2 aromatic rings. The molecule has 1 saturated carbocycles. The van der Waals surface area contributed by atoms with Gasteiger partial charge in [0.15, 0.2) is 0 Å². The molecule has 3 heteroatoms. The number of fused-ring (bicyclic) bond motifs is 1. The highest BCUT2D eigenvalue weighted by Gasteiger charge is 2.25. The molecule has 0 radical (unpaired) electrons. The van der Waals surface area contributed by atoms with Crippen molar-refractivity contribution in [1.29, 1.82) is 0 Å². The number of carboxylic acid groups (broad SMARTS) is 1. The zero-order chi connectivity index (χ0) is 10.4. The molecule has 1 aliphatic rings. The molecule has 2 N–H and O–H groups in total. The molecule has 3 rings (SSSR count). The molecule has 0 bridgehead atoms. The molecule has 1 aromatic carbocycles. The highest BCUT2D eigenvalue weighted by Crippen LogP contribution is 2.40. The van der Waals surface area contributed by atoms with Crippen molar-refractivity contribution >= 4 is 16.9 Å². The van der Waals surface area contributed by atoms with E-state index in [2.05, 4.69) is 11.1 Å². The second-order valence-corrected chi connectivity index (χ2v) is 4.07. The lowest BCUT2D eigenvalue weighted by molar-refractivity contribution is 0.0699. The summed E-state index contributed by atoms with van der Waals surface area (Å²) in [5.74, 6) is -0.246. The van der Waals surface area contributed by atoms with E-state index in [0.29, 0.717) is 11.5 Å². The molecular weight excluding hydrogens is 190 g/mol. The third kappa shape index (κ3) is 1.31. The Kier molecular flexibility index (Phi) is 1.63. The predicted molar refractivity (Wildman–Crippen MR) is 57.2 cm³/mol. The highest BCUT2D eigenvalue weighted by molar-refractivity contribution is 6.02. The number of aromatic amines is 1. The first-order valence-corrected chi connectivity index (χ1v) is 5.10. The molecule has 0 saturated heterocycles. The second kappa shape index (κ2) is 2.86. The Morgan fingerprint density at radius 3 is 2.87 bits per heavy atom. The maximum absolute atomic E-state index is 11.0. The Balaban J connectivity index is 2.23. The van der Waals surface area contributed by atoms with Crippen LogP contribution < -0.4 is 0 Å². The van der Waals surface area contributed by atoms with Crippen molar-refractivity contribution in [2.75, 3.05) is 0 Å². The van der Waals surface area contributed by atoms with Crippen LogP contribution in [-0.4, -0.2) is 16.1 Å². The fourth-order valence-corrected chi connectivity index (χ4v) is 1.97. The van der Waals surface area contributed by atoms with E-state index in [-0.39, 0.29) is 0 Å². The maximum Gasteiger partial charge on any atom is 0.337 e. The summed E-state index contributed by atoms with van der Waals surface area (Å²) in [7, 11) is 0. The summed E-state index contributed by atoms with van der Waals surface area (Å²) in [6.07, 6.45) is 2.43. The quantitative estimate of drug-likeness (QED) is 0.784. The standard InChI is InChI=1S/C12H11NO2/c14-12(15)9-3-1-2-8-6-10(7-4-5-7)13-11(8)9/h1-3,6-7,13H,4-5H2,(H,14,15). The van der Waals surface area contributed by atoms with E-state index in [9.17, 15) is 4.79 Å². The van der Waals surface area contributed by atoms with Crippen LogP contribution in [0.2, 0.25) is 0 Å². The molecule has 0 aliphatic heterocycles. The van der Waals surface area contributed by atoms with Crippen LogP contribution in [0.1, 0.15) is 34.8 Å². The molecular formula is C12H11NO2. The Labute approximate surface area is 86.7 Å². The molecule has 1 fully saturated rings. The van der Waals surface area contributed by atoms with Crippen LogP contribution in [0.25, 0.3) is 10.9 Å². The third-order valence-electron chi connectivity index (χ3n) is 2.92. The topological polar surface area (TPSA) is 53.1 Å². The largest absolute Gasteiger partial charge is 0.478 e. The van der Waals surface area contributed by atoms with Gasteiger partial charge in [0.1, 0.15) is 0 Å². The second-order valence-electron chi connectivity index (χ2n) is 4.07. The summed E-state index contributed by atoms with van der Waals surface area (Å²) in [4.78, 5) is 14.2. The van der Waals surface area contributed by atoms with Crippen LogP contribution in [0, 0.1) is 0 Å². The van der Waals surface area contributed by atoms with Crippen LogP contribution in [0.15, 0.2) is 24.3 Å². The van der Waals surface area contributed by atoms with Gasteiger partial charge >= 0.3 is 5.97 Å². The first-order valence-electron chi connectivity index (χ1n) is 5.10. The van der Waals surface area contributed by atoms with Crippen molar-refractivity contribution in [3.05, 3.63) is 35.5 Å². The molecule has 15 heavy (non-hydrogen) atoms. The monoisotopic (exact) mass is 201 g/mol. The van der Waals surface area contributed by atoms with Gasteiger partial charge in [-0.25, -0.2) is 4.79 Å². The fourth-order valence-electron chi connectivity index (χ4n) is 1.97. The number of hydrogen-bond acceptors (Lipinski definition) is 1. The van der Waals surface area contributed by atoms with Crippen molar-refractivity contribution in [2.45, 2.75) is 18.8 Å². The van der Waals surface area contributed by atoms with Gasteiger partial charge in [-0.2, -0.15) is 0 Å². The van der Waals surface area contributed by atoms with Gasteiger partial charge in [-0.15, -0.1) is 0 Å². The maximum atomic E-state index is 11.0. The molecule has 1 aromatic heterocycles. The molecule has 1 aliphatic carbocycles. The van der Waals surface area contributed by atoms with Gasteiger partial charge in [-0.3, -0.25) is 0 Å². The smallest absolute Gasteiger partial charge is 0.337 e. The van der Waals surface area contributed by atoms with Gasteiger partial charge in [0, 0.05) is 11.1 Å². The molecule has 0 atom stereocenters. The minimum Gasteiger partial charge on any atom is -0.478 e. The average Bonchev–Trinajstić information content (AvgIpc) is 2.96. The number of benzene rings is 1. The first kappa shape index (κ1) is 8.53. The average molecular weight is 201 g/mol. The predicted octanol–water partition coefficient (Wildman–Crippen LogP) is 2.74. The van der Waals surface area contributed by atoms with E-state index < -0.39 is 5.97 Å². The van der Waals surface area contributed by atoms with Crippen molar-refractivity contribution in [1.82, 2.24) is 4.98 Å². The minimum atomic E-state index is -0.871. The number of H-pyrrole nitrogens is 1. The van der Waals surface area contributed by atoms with E-state index in [1.54, 1.807) is 12.1 Å². The molecule has 76 valence electrons. The molecule has 3 nitrogen and oxygen atoms in total. The number of rotatable bonds is 2. The summed E-state index contributed by atoms with van der Waals surface area (Å²) < 4.78 is 0. The van der Waals surface area contributed by atoms with Crippen LogP contribution >= 0.6 is 0 Å². The van der Waals surface area contributed by atoms with Crippen LogP contribution in [0.5, 0.6) is 0 Å². The SMILES string of the molecule is O=C(O)c1cccc2cc(C3CC3)[nH]c12. The number of aromatic carboxylic acids is 1. The van der Waals surface area contributed by atoms with Gasteiger partial charge in [0.05, 0.1) is 11.1 Å². The highest BCUT2D eigenvalue weighted by atomic mass is 16.4. The lowest BCUT2D eigenvalue weighted by Crippen LogP contribution is -1.96. The molecule has 1 heterocycles. The van der Waals surface area contributed by atoms with Gasteiger partial charge in [0.2, 0.25) is 0 Å². The van der Waals surface area contributed by atoms with E-state index in [1.807, 2.05) is 6.07 Å². The van der Waals surface area contributed by atoms with Crippen LogP contribution in [0.4, 0.5) is 0 Å². The Morgan fingerprint density at radius 2 is 2.20 bits per heavy atom. The van der Waals surface area contributed by atoms with Gasteiger partial charge < -0.3 is 10.1 Å². The van der Waals surface area contributed by atoms with Crippen LogP contribution in [0.3, 0.4) is 0 Å². The number of aromatic nitrogens is 1. The number of para-hydroxylation sites is 1. The zero-order valence-electron chi connectivity index (χ0n) is 8.16. The van der Waals surface area contributed by atoms with E-state index in [0.717, 1.165) is 10.9 Å². The Hall–Kier alpha value is -1.77. The lowest BCUT2D eigenvalue weighted by atomic mass is 10.1. The third-order valence-corrected chi connectivity index (χ3v) is 2.92. The van der Waals surface area contributed by atoms with E-state index >= 15 is 0 Å². The minimum absolute atomic E-state index is 0.361. The van der Waals surface area contributed by atoms with Crippen LogP contribution in [-0.2, 0) is 0 Å². The van der Waals surface area contributed by atoms with Gasteiger partial charge in [-0.05, 0) is 30.9 Å². The summed E-state index contributed by atoms with van der Waals surface area (Å²) in [6, 6.07) is 7.44. The molecule has 0 spiro atoms. The summed E-state index contributed by atoms with van der Waals surface area (Å²) >= 11 is 0. The molecule has 0 unspecified atom stereocenters. The lowest BCUT2D eigenvalue weighted by Gasteiger charge is -1.95. The molecule has 0 amide bonds. The Morgan fingerprint density at radius 1 is 1.40 bits per heavy atom. The number of hydrogen-bond donors (Lipinski definition) is 2.